The lowest BCUT2D eigenvalue weighted by Crippen LogP contribution is -2.19. The molecule has 1 saturated carbocycles. The number of aromatic nitrogens is 5. The predicted octanol–water partition coefficient (Wildman–Crippen LogP) is 4.94. The summed E-state index contributed by atoms with van der Waals surface area (Å²) in [6, 6.07) is 5.81. The van der Waals surface area contributed by atoms with Crippen LogP contribution >= 0.6 is 0 Å². The second-order valence-electron chi connectivity index (χ2n) is 9.37. The highest BCUT2D eigenvalue weighted by Gasteiger charge is 2.30. The highest BCUT2D eigenvalue weighted by atomic mass is 19.1. The minimum atomic E-state index is -0.721. The monoisotopic (exact) mass is 477 g/mol. The molecule has 7 nitrogen and oxygen atoms in total. The fourth-order valence-corrected chi connectivity index (χ4v) is 4.78. The SMILES string of the molecule is Cc1nc2cc([C@H]3CCO[C@@H](c4cnn(C5CC5)c4)C3)nc(-c3ccc(F)cc3F)c2nc1CO. The van der Waals surface area contributed by atoms with E-state index in [1.807, 2.05) is 16.9 Å². The lowest BCUT2D eigenvalue weighted by molar-refractivity contribution is 0.00462. The first-order valence-electron chi connectivity index (χ1n) is 11.9. The molecule has 2 aliphatic rings. The van der Waals surface area contributed by atoms with E-state index in [0.29, 0.717) is 47.2 Å². The number of benzene rings is 1. The Morgan fingerprint density at radius 2 is 1.97 bits per heavy atom. The van der Waals surface area contributed by atoms with Crippen LogP contribution in [-0.4, -0.2) is 36.4 Å². The topological polar surface area (TPSA) is 86.0 Å². The van der Waals surface area contributed by atoms with Gasteiger partial charge in [-0.15, -0.1) is 0 Å². The van der Waals surface area contributed by atoms with E-state index in [1.165, 1.54) is 12.1 Å². The van der Waals surface area contributed by atoms with Crippen molar-refractivity contribution in [3.63, 3.8) is 0 Å². The molecule has 4 aromatic rings. The van der Waals surface area contributed by atoms with Gasteiger partial charge in [0.2, 0.25) is 0 Å². The Hall–Kier alpha value is -3.30. The first-order chi connectivity index (χ1) is 17.0. The van der Waals surface area contributed by atoms with Gasteiger partial charge < -0.3 is 9.84 Å². The molecule has 2 atom stereocenters. The van der Waals surface area contributed by atoms with Crippen molar-refractivity contribution in [1.82, 2.24) is 24.7 Å². The van der Waals surface area contributed by atoms with Crippen molar-refractivity contribution in [3.8, 4) is 11.3 Å². The zero-order valence-electron chi connectivity index (χ0n) is 19.3. The van der Waals surface area contributed by atoms with Gasteiger partial charge in [0.1, 0.15) is 22.8 Å². The van der Waals surface area contributed by atoms with Crippen LogP contribution in [0.2, 0.25) is 0 Å². The van der Waals surface area contributed by atoms with E-state index in [1.54, 1.807) is 6.92 Å². The smallest absolute Gasteiger partial charge is 0.135 e. The normalized spacial score (nSPS) is 20.5. The van der Waals surface area contributed by atoms with Crippen molar-refractivity contribution in [1.29, 1.82) is 0 Å². The van der Waals surface area contributed by atoms with Gasteiger partial charge in [0.15, 0.2) is 0 Å². The van der Waals surface area contributed by atoms with Crippen LogP contribution < -0.4 is 0 Å². The molecule has 180 valence electrons. The van der Waals surface area contributed by atoms with Crippen LogP contribution in [0.5, 0.6) is 0 Å². The molecule has 9 heteroatoms. The second-order valence-corrected chi connectivity index (χ2v) is 9.37. The zero-order chi connectivity index (χ0) is 24.1. The second kappa shape index (κ2) is 8.73. The van der Waals surface area contributed by atoms with Crippen LogP contribution in [0.4, 0.5) is 8.78 Å². The zero-order valence-corrected chi connectivity index (χ0v) is 19.3. The molecule has 0 unspecified atom stereocenters. The van der Waals surface area contributed by atoms with Crippen LogP contribution in [0.15, 0.2) is 36.7 Å². The van der Waals surface area contributed by atoms with Gasteiger partial charge in [0.25, 0.3) is 0 Å². The fourth-order valence-electron chi connectivity index (χ4n) is 4.78. The molecule has 1 aliphatic heterocycles. The number of pyridine rings is 1. The minimum Gasteiger partial charge on any atom is -0.390 e. The number of nitrogens with zero attached hydrogens (tertiary/aromatic N) is 5. The Balaban J connectivity index is 1.42. The van der Waals surface area contributed by atoms with E-state index in [0.717, 1.165) is 36.6 Å². The Morgan fingerprint density at radius 1 is 1.11 bits per heavy atom. The molecule has 0 spiro atoms. The van der Waals surface area contributed by atoms with E-state index in [2.05, 4.69) is 21.3 Å². The van der Waals surface area contributed by atoms with Crippen LogP contribution in [-0.2, 0) is 11.3 Å². The van der Waals surface area contributed by atoms with E-state index < -0.39 is 11.6 Å². The Labute approximate surface area is 200 Å². The molecule has 2 fully saturated rings. The number of ether oxygens (including phenoxy) is 1. The number of halogens is 2. The third-order valence-corrected chi connectivity index (χ3v) is 6.90. The quantitative estimate of drug-likeness (QED) is 0.438. The summed E-state index contributed by atoms with van der Waals surface area (Å²) < 4.78 is 36.6. The van der Waals surface area contributed by atoms with Crippen LogP contribution in [0.25, 0.3) is 22.3 Å². The fraction of sp³-hybridized carbons (Fsp3) is 0.385. The summed E-state index contributed by atoms with van der Waals surface area (Å²) in [6.45, 7) is 2.05. The van der Waals surface area contributed by atoms with Crippen molar-refractivity contribution in [2.24, 2.45) is 0 Å². The van der Waals surface area contributed by atoms with Gasteiger partial charge in [-0.1, -0.05) is 0 Å². The molecule has 1 N–H and O–H groups in total. The largest absolute Gasteiger partial charge is 0.390 e. The van der Waals surface area contributed by atoms with E-state index in [9.17, 15) is 13.9 Å². The Bertz CT molecular complexity index is 1420. The molecule has 0 bridgehead atoms. The summed E-state index contributed by atoms with van der Waals surface area (Å²) in [4.78, 5) is 14.0. The average Bonchev–Trinajstić information content (AvgIpc) is 3.59. The number of aliphatic hydroxyl groups excluding tert-OH is 1. The van der Waals surface area contributed by atoms with Gasteiger partial charge >= 0.3 is 0 Å². The minimum absolute atomic E-state index is 0.0595. The molecule has 3 aromatic heterocycles. The molecule has 35 heavy (non-hydrogen) atoms. The number of fused-ring (bicyclic) bond motifs is 1. The first-order valence-corrected chi connectivity index (χ1v) is 11.9. The summed E-state index contributed by atoms with van der Waals surface area (Å²) in [6.07, 6.45) is 7.65. The first kappa shape index (κ1) is 22.2. The molecular formula is C26H25F2N5O2. The van der Waals surface area contributed by atoms with Gasteiger partial charge in [-0.3, -0.25) is 4.68 Å². The molecule has 0 amide bonds. The summed E-state index contributed by atoms with van der Waals surface area (Å²) in [5.74, 6) is -1.32. The van der Waals surface area contributed by atoms with Crippen LogP contribution in [0.1, 0.15) is 66.4 Å². The standard InChI is InChI=1S/C26H25F2N5O2/c1-14-23(13-34)32-26-22(30-14)10-21(31-25(26)19-5-2-17(27)9-20(19)28)15-6-7-35-24(8-15)16-11-29-33(12-16)18-3-4-18/h2,5,9-12,15,18,24,34H,3-4,6-8,13H2,1H3/t15-,24+/m0/s1. The molecule has 4 heterocycles. The van der Waals surface area contributed by atoms with Crippen LogP contribution in [0, 0.1) is 18.6 Å². The van der Waals surface area contributed by atoms with E-state index >= 15 is 0 Å². The highest BCUT2D eigenvalue weighted by molar-refractivity contribution is 5.89. The molecule has 1 aromatic carbocycles. The van der Waals surface area contributed by atoms with E-state index in [-0.39, 0.29) is 24.2 Å². The Kier molecular flexibility index (Phi) is 5.53. The predicted molar refractivity (Wildman–Crippen MR) is 125 cm³/mol. The molecule has 6 rings (SSSR count). The summed E-state index contributed by atoms with van der Waals surface area (Å²) in [5.41, 5.74) is 4.20. The maximum atomic E-state index is 14.8. The number of aliphatic hydroxyl groups is 1. The highest BCUT2D eigenvalue weighted by Crippen LogP contribution is 2.40. The summed E-state index contributed by atoms with van der Waals surface area (Å²) in [5, 5.41) is 14.2. The summed E-state index contributed by atoms with van der Waals surface area (Å²) in [7, 11) is 0. The Morgan fingerprint density at radius 3 is 2.74 bits per heavy atom. The average molecular weight is 478 g/mol. The van der Waals surface area contributed by atoms with Crippen molar-refractivity contribution >= 4 is 11.0 Å². The van der Waals surface area contributed by atoms with Gasteiger partial charge in [-0.2, -0.15) is 5.10 Å². The summed E-state index contributed by atoms with van der Waals surface area (Å²) >= 11 is 0. The lowest BCUT2D eigenvalue weighted by atomic mass is 9.89. The van der Waals surface area contributed by atoms with Gasteiger partial charge in [0.05, 0.1) is 41.9 Å². The molecule has 1 aliphatic carbocycles. The van der Waals surface area contributed by atoms with Crippen molar-refractivity contribution in [3.05, 3.63) is 70.9 Å². The number of hydrogen-bond donors (Lipinski definition) is 1. The lowest BCUT2D eigenvalue weighted by Gasteiger charge is -2.29. The van der Waals surface area contributed by atoms with Gasteiger partial charge in [-0.25, -0.2) is 23.7 Å². The number of rotatable bonds is 5. The van der Waals surface area contributed by atoms with Crippen LogP contribution in [0.3, 0.4) is 0 Å². The van der Waals surface area contributed by atoms with Crippen molar-refractivity contribution < 1.29 is 18.6 Å². The van der Waals surface area contributed by atoms with E-state index in [4.69, 9.17) is 9.72 Å². The van der Waals surface area contributed by atoms with Crippen molar-refractivity contribution in [2.75, 3.05) is 6.61 Å². The third kappa shape index (κ3) is 4.19. The number of aryl methyl sites for hydroxylation is 1. The van der Waals surface area contributed by atoms with Crippen molar-refractivity contribution in [2.45, 2.75) is 57.3 Å². The number of hydrogen-bond acceptors (Lipinski definition) is 6. The molecule has 0 radical (unpaired) electrons. The molecular weight excluding hydrogens is 452 g/mol. The van der Waals surface area contributed by atoms with Gasteiger partial charge in [-0.05, 0) is 50.8 Å². The maximum Gasteiger partial charge on any atom is 0.135 e. The molecule has 1 saturated heterocycles. The maximum absolute atomic E-state index is 14.8. The van der Waals surface area contributed by atoms with Gasteiger partial charge in [0, 0.05) is 41.6 Å². The third-order valence-electron chi connectivity index (χ3n) is 6.90.